The van der Waals surface area contributed by atoms with Gasteiger partial charge in [-0.1, -0.05) is 12.1 Å². The Morgan fingerprint density at radius 2 is 2.18 bits per heavy atom. The molecule has 0 spiro atoms. The highest BCUT2D eigenvalue weighted by Crippen LogP contribution is 2.31. The number of hydrogen-bond acceptors (Lipinski definition) is 2. The van der Waals surface area contributed by atoms with Crippen LogP contribution in [0.1, 0.15) is 6.92 Å². The Morgan fingerprint density at radius 3 is 2.91 bits per heavy atom. The normalized spacial score (nSPS) is 27.8. The molecular weight excluding hydrogens is 158 g/mol. The Labute approximate surface area is 68.8 Å². The SMILES string of the molecule is CC1Nc2ccccc2[S+]1[O-]. The molecule has 1 aromatic rings. The van der Waals surface area contributed by atoms with E-state index in [1.807, 2.05) is 31.2 Å². The molecule has 0 bridgehead atoms. The van der Waals surface area contributed by atoms with Gasteiger partial charge in [0.2, 0.25) is 0 Å². The molecule has 0 saturated carbocycles. The van der Waals surface area contributed by atoms with Crippen molar-refractivity contribution in [3.05, 3.63) is 24.3 Å². The zero-order valence-corrected chi connectivity index (χ0v) is 7.02. The summed E-state index contributed by atoms with van der Waals surface area (Å²) in [5.74, 6) is 0. The summed E-state index contributed by atoms with van der Waals surface area (Å²) in [7, 11) is 0. The molecular formula is C8H9NOS. The molecule has 2 atom stereocenters. The van der Waals surface area contributed by atoms with Gasteiger partial charge in [0, 0.05) is 18.1 Å². The van der Waals surface area contributed by atoms with E-state index in [4.69, 9.17) is 0 Å². The molecule has 0 aromatic heterocycles. The molecule has 1 aliphatic rings. The number of anilines is 1. The molecule has 2 rings (SSSR count). The predicted octanol–water partition coefficient (Wildman–Crippen LogP) is 1.57. The van der Waals surface area contributed by atoms with Gasteiger partial charge in [0.15, 0.2) is 10.3 Å². The van der Waals surface area contributed by atoms with Crippen LogP contribution in [0.15, 0.2) is 29.2 Å². The van der Waals surface area contributed by atoms with E-state index in [0.717, 1.165) is 10.6 Å². The van der Waals surface area contributed by atoms with E-state index in [2.05, 4.69) is 5.32 Å². The molecule has 2 nitrogen and oxygen atoms in total. The van der Waals surface area contributed by atoms with E-state index < -0.39 is 11.2 Å². The van der Waals surface area contributed by atoms with E-state index in [1.54, 1.807) is 0 Å². The molecule has 2 unspecified atom stereocenters. The highest BCUT2D eigenvalue weighted by Gasteiger charge is 2.30. The molecule has 3 heteroatoms. The minimum absolute atomic E-state index is 0.0624. The average Bonchev–Trinajstić information content (AvgIpc) is 2.30. The Balaban J connectivity index is 2.47. The third kappa shape index (κ3) is 1.01. The zero-order valence-electron chi connectivity index (χ0n) is 6.20. The minimum atomic E-state index is -0.854. The van der Waals surface area contributed by atoms with Gasteiger partial charge >= 0.3 is 0 Å². The molecule has 0 aliphatic carbocycles. The number of hydrogen-bond donors (Lipinski definition) is 1. The van der Waals surface area contributed by atoms with Gasteiger partial charge in [-0.05, 0) is 12.1 Å². The molecule has 11 heavy (non-hydrogen) atoms. The fraction of sp³-hybridized carbons (Fsp3) is 0.250. The summed E-state index contributed by atoms with van der Waals surface area (Å²) in [5, 5.41) is 3.21. The lowest BCUT2D eigenvalue weighted by atomic mass is 10.3. The Bertz CT molecular complexity index is 277. The van der Waals surface area contributed by atoms with E-state index in [-0.39, 0.29) is 5.37 Å². The summed E-state index contributed by atoms with van der Waals surface area (Å²) in [6.45, 7) is 1.93. The predicted molar refractivity (Wildman–Crippen MR) is 45.9 cm³/mol. The highest BCUT2D eigenvalue weighted by atomic mass is 32.2. The second kappa shape index (κ2) is 2.43. The van der Waals surface area contributed by atoms with Crippen molar-refractivity contribution in [2.24, 2.45) is 0 Å². The summed E-state index contributed by atoms with van der Waals surface area (Å²) >= 11 is -0.854. The van der Waals surface area contributed by atoms with Crippen LogP contribution in [0.4, 0.5) is 5.69 Å². The first kappa shape index (κ1) is 7.00. The van der Waals surface area contributed by atoms with Gasteiger partial charge in [-0.15, -0.1) is 0 Å². The van der Waals surface area contributed by atoms with Crippen molar-refractivity contribution in [3.63, 3.8) is 0 Å². The topological polar surface area (TPSA) is 35.1 Å². The first-order chi connectivity index (χ1) is 5.29. The molecule has 1 heterocycles. The highest BCUT2D eigenvalue weighted by molar-refractivity contribution is 7.92. The van der Waals surface area contributed by atoms with Gasteiger partial charge in [0.25, 0.3) is 0 Å². The molecule has 58 valence electrons. The van der Waals surface area contributed by atoms with Gasteiger partial charge in [0.1, 0.15) is 0 Å². The van der Waals surface area contributed by atoms with Gasteiger partial charge in [-0.3, -0.25) is 0 Å². The van der Waals surface area contributed by atoms with E-state index in [1.165, 1.54) is 0 Å². The van der Waals surface area contributed by atoms with Crippen molar-refractivity contribution in [1.82, 2.24) is 0 Å². The van der Waals surface area contributed by atoms with Crippen LogP contribution in [0.5, 0.6) is 0 Å². The average molecular weight is 167 g/mol. The molecule has 1 aliphatic heterocycles. The maximum atomic E-state index is 11.4. The lowest BCUT2D eigenvalue weighted by molar-refractivity contribution is 0.592. The van der Waals surface area contributed by atoms with Crippen LogP contribution in [0.2, 0.25) is 0 Å². The number of benzene rings is 1. The summed E-state index contributed by atoms with van der Waals surface area (Å²) in [4.78, 5) is 0.931. The maximum absolute atomic E-state index is 11.4. The van der Waals surface area contributed by atoms with Crippen LogP contribution >= 0.6 is 0 Å². The minimum Gasteiger partial charge on any atom is -0.610 e. The van der Waals surface area contributed by atoms with Gasteiger partial charge < -0.3 is 9.87 Å². The lowest BCUT2D eigenvalue weighted by Gasteiger charge is -2.06. The summed E-state index contributed by atoms with van der Waals surface area (Å²) < 4.78 is 11.4. The first-order valence-electron chi connectivity index (χ1n) is 3.55. The molecule has 0 saturated heterocycles. The zero-order chi connectivity index (χ0) is 7.84. The van der Waals surface area contributed by atoms with Crippen LogP contribution in [0.3, 0.4) is 0 Å². The lowest BCUT2D eigenvalue weighted by Crippen LogP contribution is -2.17. The maximum Gasteiger partial charge on any atom is 0.188 e. The van der Waals surface area contributed by atoms with E-state index in [0.29, 0.717) is 0 Å². The van der Waals surface area contributed by atoms with Gasteiger partial charge in [0.05, 0.1) is 5.69 Å². The number of para-hydroxylation sites is 1. The number of rotatable bonds is 0. The van der Waals surface area contributed by atoms with Crippen molar-refractivity contribution in [2.75, 3.05) is 5.32 Å². The van der Waals surface area contributed by atoms with Crippen molar-refractivity contribution in [3.8, 4) is 0 Å². The third-order valence-corrected chi connectivity index (χ3v) is 3.33. The van der Waals surface area contributed by atoms with Gasteiger partial charge in [-0.25, -0.2) is 0 Å². The molecule has 0 radical (unpaired) electrons. The van der Waals surface area contributed by atoms with Crippen LogP contribution in [-0.2, 0) is 11.2 Å². The van der Waals surface area contributed by atoms with Crippen molar-refractivity contribution in [2.45, 2.75) is 17.2 Å². The quantitative estimate of drug-likeness (QED) is 0.595. The second-order valence-corrected chi connectivity index (χ2v) is 4.32. The Morgan fingerprint density at radius 1 is 1.45 bits per heavy atom. The molecule has 1 N–H and O–H groups in total. The van der Waals surface area contributed by atoms with Crippen LogP contribution in [-0.4, -0.2) is 9.93 Å². The third-order valence-electron chi connectivity index (χ3n) is 1.78. The Hall–Kier alpha value is -0.670. The second-order valence-electron chi connectivity index (χ2n) is 2.58. The van der Waals surface area contributed by atoms with Crippen LogP contribution < -0.4 is 5.32 Å². The standard InChI is InChI=1S/C8H9NOS/c1-6-9-7-4-2-3-5-8(7)11(6)10/h2-6,9H,1H3. The van der Waals surface area contributed by atoms with Crippen LogP contribution in [0, 0.1) is 0 Å². The van der Waals surface area contributed by atoms with E-state index >= 15 is 0 Å². The van der Waals surface area contributed by atoms with Crippen LogP contribution in [0.25, 0.3) is 0 Å². The monoisotopic (exact) mass is 167 g/mol. The van der Waals surface area contributed by atoms with E-state index in [9.17, 15) is 4.55 Å². The summed E-state index contributed by atoms with van der Waals surface area (Å²) in [5.41, 5.74) is 1.01. The largest absolute Gasteiger partial charge is 0.610 e. The number of fused-ring (bicyclic) bond motifs is 1. The van der Waals surface area contributed by atoms with Gasteiger partial charge in [-0.2, -0.15) is 0 Å². The van der Waals surface area contributed by atoms with Crippen molar-refractivity contribution < 1.29 is 4.55 Å². The Kier molecular flexibility index (Phi) is 1.55. The smallest absolute Gasteiger partial charge is 0.188 e. The summed E-state index contributed by atoms with van der Waals surface area (Å²) in [6.07, 6.45) is 0. The fourth-order valence-corrected chi connectivity index (χ4v) is 2.40. The van der Waals surface area contributed by atoms with Crippen molar-refractivity contribution >= 4 is 16.9 Å². The van der Waals surface area contributed by atoms with Crippen molar-refractivity contribution in [1.29, 1.82) is 0 Å². The number of nitrogens with one attached hydrogen (secondary N) is 1. The summed E-state index contributed by atoms with van der Waals surface area (Å²) in [6, 6.07) is 7.72. The first-order valence-corrected chi connectivity index (χ1v) is 4.76. The fourth-order valence-electron chi connectivity index (χ4n) is 1.22. The molecule has 1 aromatic carbocycles. The molecule has 0 fully saturated rings. The molecule has 0 amide bonds.